The number of aromatic nitrogens is 1. The smallest absolute Gasteiger partial charge is 0.0941 e. The highest BCUT2D eigenvalue weighted by molar-refractivity contribution is 7.09. The van der Waals surface area contributed by atoms with Crippen molar-refractivity contribution < 1.29 is 0 Å². The predicted molar refractivity (Wildman–Crippen MR) is 70.2 cm³/mol. The molecule has 1 heterocycles. The molecule has 0 unspecified atom stereocenters. The second kappa shape index (κ2) is 6.36. The van der Waals surface area contributed by atoms with Gasteiger partial charge in [0, 0.05) is 24.3 Å². The van der Waals surface area contributed by atoms with Crippen LogP contribution in [0.25, 0.3) is 0 Å². The summed E-state index contributed by atoms with van der Waals surface area (Å²) in [5.74, 6) is 0.762. The number of hydrogen-bond acceptors (Lipinski definition) is 3. The molecule has 0 aromatic carbocycles. The van der Waals surface area contributed by atoms with Gasteiger partial charge in [-0.3, -0.25) is 0 Å². The normalized spacial score (nSPS) is 17.8. The minimum absolute atomic E-state index is 0.762. The molecule has 0 bridgehead atoms. The number of rotatable bonds is 5. The molecule has 0 radical (unpaired) electrons. The van der Waals surface area contributed by atoms with Crippen LogP contribution >= 0.6 is 11.3 Å². The molecule has 0 atom stereocenters. The molecule has 1 aromatic heterocycles. The van der Waals surface area contributed by atoms with Gasteiger partial charge in [0.05, 0.1) is 10.7 Å². The Morgan fingerprint density at radius 3 is 2.94 bits per heavy atom. The molecule has 90 valence electrons. The van der Waals surface area contributed by atoms with E-state index in [1.165, 1.54) is 42.8 Å². The third kappa shape index (κ3) is 3.29. The van der Waals surface area contributed by atoms with Gasteiger partial charge in [-0.25, -0.2) is 4.98 Å². The lowest BCUT2D eigenvalue weighted by molar-refractivity contribution is 0.437. The molecule has 3 heteroatoms. The van der Waals surface area contributed by atoms with Crippen LogP contribution in [0.15, 0.2) is 5.38 Å². The summed E-state index contributed by atoms with van der Waals surface area (Å²) in [6.45, 7) is 4.27. The first kappa shape index (κ1) is 12.1. The molecule has 0 amide bonds. The molecular weight excluding hydrogens is 216 g/mol. The van der Waals surface area contributed by atoms with Crippen LogP contribution in [0, 0.1) is 0 Å². The van der Waals surface area contributed by atoms with E-state index in [2.05, 4.69) is 17.6 Å². The van der Waals surface area contributed by atoms with E-state index in [0.29, 0.717) is 0 Å². The van der Waals surface area contributed by atoms with Gasteiger partial charge in [-0.05, 0) is 19.4 Å². The molecule has 1 aliphatic rings. The highest BCUT2D eigenvalue weighted by atomic mass is 32.1. The highest BCUT2D eigenvalue weighted by Gasteiger charge is 2.17. The minimum Gasteiger partial charge on any atom is -0.317 e. The lowest BCUT2D eigenvalue weighted by Gasteiger charge is -2.19. The standard InChI is InChI=1S/C13H22N2S/c1-2-14-9-8-13-15-12(10-16-13)11-6-4-3-5-7-11/h10-11,14H,2-9H2,1H3. The lowest BCUT2D eigenvalue weighted by Crippen LogP contribution is -2.16. The molecule has 1 aliphatic carbocycles. The van der Waals surface area contributed by atoms with E-state index in [9.17, 15) is 0 Å². The Hall–Kier alpha value is -0.410. The van der Waals surface area contributed by atoms with Crippen LogP contribution in [-0.4, -0.2) is 18.1 Å². The van der Waals surface area contributed by atoms with Crippen LogP contribution < -0.4 is 5.32 Å². The van der Waals surface area contributed by atoms with Crippen LogP contribution in [0.1, 0.15) is 55.6 Å². The Morgan fingerprint density at radius 2 is 2.19 bits per heavy atom. The summed E-state index contributed by atoms with van der Waals surface area (Å²) < 4.78 is 0. The first-order valence-electron chi connectivity index (χ1n) is 6.55. The monoisotopic (exact) mass is 238 g/mol. The number of hydrogen-bond donors (Lipinski definition) is 1. The molecule has 2 rings (SSSR count). The summed E-state index contributed by atoms with van der Waals surface area (Å²) in [5.41, 5.74) is 1.37. The van der Waals surface area contributed by atoms with Gasteiger partial charge in [-0.1, -0.05) is 26.2 Å². The number of likely N-dealkylation sites (N-methyl/N-ethyl adjacent to an activating group) is 1. The molecule has 0 spiro atoms. The van der Waals surface area contributed by atoms with Crippen LogP contribution in [0.4, 0.5) is 0 Å². The second-order valence-electron chi connectivity index (χ2n) is 4.60. The van der Waals surface area contributed by atoms with Crippen LogP contribution in [0.5, 0.6) is 0 Å². The van der Waals surface area contributed by atoms with Gasteiger partial charge in [-0.2, -0.15) is 0 Å². The average molecular weight is 238 g/mol. The fraction of sp³-hybridized carbons (Fsp3) is 0.769. The van der Waals surface area contributed by atoms with Crippen molar-refractivity contribution >= 4 is 11.3 Å². The van der Waals surface area contributed by atoms with Crippen molar-refractivity contribution in [2.24, 2.45) is 0 Å². The number of thiazole rings is 1. The first-order chi connectivity index (χ1) is 7.90. The SMILES string of the molecule is CCNCCc1nc(C2CCCCC2)cs1. The maximum absolute atomic E-state index is 4.78. The van der Waals surface area contributed by atoms with Crippen molar-refractivity contribution in [3.63, 3.8) is 0 Å². The lowest BCUT2D eigenvalue weighted by atomic mass is 9.87. The largest absolute Gasteiger partial charge is 0.317 e. The Labute approximate surface area is 102 Å². The summed E-state index contributed by atoms with van der Waals surface area (Å²) >= 11 is 1.84. The van der Waals surface area contributed by atoms with Crippen LogP contribution in [0.2, 0.25) is 0 Å². The van der Waals surface area contributed by atoms with E-state index >= 15 is 0 Å². The van der Waals surface area contributed by atoms with Gasteiger partial charge in [0.15, 0.2) is 0 Å². The summed E-state index contributed by atoms with van der Waals surface area (Å²) in [6, 6.07) is 0. The second-order valence-corrected chi connectivity index (χ2v) is 5.55. The molecule has 16 heavy (non-hydrogen) atoms. The van der Waals surface area contributed by atoms with E-state index in [4.69, 9.17) is 4.98 Å². The predicted octanol–water partition coefficient (Wildman–Crippen LogP) is 3.34. The Kier molecular flexibility index (Phi) is 4.79. The highest BCUT2D eigenvalue weighted by Crippen LogP contribution is 2.32. The van der Waals surface area contributed by atoms with Crippen molar-refractivity contribution in [1.82, 2.24) is 10.3 Å². The molecular formula is C13H22N2S. The zero-order chi connectivity index (χ0) is 11.2. The van der Waals surface area contributed by atoms with Crippen molar-refractivity contribution in [2.75, 3.05) is 13.1 Å². The maximum atomic E-state index is 4.78. The topological polar surface area (TPSA) is 24.9 Å². The van der Waals surface area contributed by atoms with Crippen LogP contribution in [0.3, 0.4) is 0 Å². The zero-order valence-electron chi connectivity index (χ0n) is 10.2. The zero-order valence-corrected chi connectivity index (χ0v) is 11.0. The van der Waals surface area contributed by atoms with E-state index in [0.717, 1.165) is 25.4 Å². The van der Waals surface area contributed by atoms with E-state index in [1.807, 2.05) is 11.3 Å². The molecule has 2 nitrogen and oxygen atoms in total. The summed E-state index contributed by atoms with van der Waals surface area (Å²) in [6.07, 6.45) is 8.02. The molecule has 0 aliphatic heterocycles. The molecule has 1 saturated carbocycles. The molecule has 0 saturated heterocycles. The van der Waals surface area contributed by atoms with E-state index < -0.39 is 0 Å². The number of nitrogens with one attached hydrogen (secondary N) is 1. The fourth-order valence-electron chi connectivity index (χ4n) is 2.40. The van der Waals surface area contributed by atoms with Crippen LogP contribution in [-0.2, 0) is 6.42 Å². The number of nitrogens with zero attached hydrogens (tertiary/aromatic N) is 1. The Balaban J connectivity index is 1.85. The molecule has 1 N–H and O–H groups in total. The van der Waals surface area contributed by atoms with Gasteiger partial charge in [0.2, 0.25) is 0 Å². The third-order valence-electron chi connectivity index (χ3n) is 3.36. The molecule has 1 aromatic rings. The van der Waals surface area contributed by atoms with Gasteiger partial charge in [0.25, 0.3) is 0 Å². The van der Waals surface area contributed by atoms with Gasteiger partial charge < -0.3 is 5.32 Å². The van der Waals surface area contributed by atoms with E-state index in [1.54, 1.807) is 0 Å². The Morgan fingerprint density at radius 1 is 1.38 bits per heavy atom. The quantitative estimate of drug-likeness (QED) is 0.796. The Bertz CT molecular complexity index is 303. The first-order valence-corrected chi connectivity index (χ1v) is 7.43. The van der Waals surface area contributed by atoms with Crippen molar-refractivity contribution in [3.8, 4) is 0 Å². The van der Waals surface area contributed by atoms with Crippen molar-refractivity contribution in [1.29, 1.82) is 0 Å². The minimum atomic E-state index is 0.762. The summed E-state index contributed by atoms with van der Waals surface area (Å²) in [7, 11) is 0. The molecule has 1 fully saturated rings. The maximum Gasteiger partial charge on any atom is 0.0941 e. The fourth-order valence-corrected chi connectivity index (χ4v) is 3.28. The average Bonchev–Trinajstić information content (AvgIpc) is 2.79. The van der Waals surface area contributed by atoms with Gasteiger partial charge in [-0.15, -0.1) is 11.3 Å². The summed E-state index contributed by atoms with van der Waals surface area (Å²) in [4.78, 5) is 4.78. The van der Waals surface area contributed by atoms with E-state index in [-0.39, 0.29) is 0 Å². The summed E-state index contributed by atoms with van der Waals surface area (Å²) in [5, 5.41) is 6.95. The van der Waals surface area contributed by atoms with Gasteiger partial charge >= 0.3 is 0 Å². The van der Waals surface area contributed by atoms with Crippen molar-refractivity contribution in [3.05, 3.63) is 16.1 Å². The van der Waals surface area contributed by atoms with Crippen molar-refractivity contribution in [2.45, 2.75) is 51.4 Å². The third-order valence-corrected chi connectivity index (χ3v) is 4.29. The van der Waals surface area contributed by atoms with Gasteiger partial charge in [0.1, 0.15) is 0 Å².